The van der Waals surface area contributed by atoms with E-state index in [1.165, 1.54) is 0 Å². The Morgan fingerprint density at radius 3 is 2.35 bits per heavy atom. The van der Waals surface area contributed by atoms with E-state index in [0.717, 1.165) is 43.9 Å². The zero-order valence-electron chi connectivity index (χ0n) is 15.5. The van der Waals surface area contributed by atoms with E-state index in [4.69, 9.17) is 0 Å². The number of carboxylic acids is 1. The minimum atomic E-state index is -0.913. The lowest BCUT2D eigenvalue weighted by molar-refractivity contribution is -0.145. The van der Waals surface area contributed by atoms with Gasteiger partial charge in [-0.25, -0.2) is 0 Å². The number of carbonyl (C=O) groups excluding carboxylic acids is 1. The Balaban J connectivity index is 1.77. The second kappa shape index (κ2) is 10.1. The van der Waals surface area contributed by atoms with Crippen molar-refractivity contribution < 1.29 is 14.7 Å². The van der Waals surface area contributed by atoms with E-state index in [1.54, 1.807) is 0 Å². The average molecular weight is 359 g/mol. The van der Waals surface area contributed by atoms with Crippen LogP contribution in [0.1, 0.15) is 18.9 Å². The van der Waals surface area contributed by atoms with Crippen molar-refractivity contribution in [1.82, 2.24) is 15.1 Å². The van der Waals surface area contributed by atoms with E-state index in [9.17, 15) is 14.7 Å². The van der Waals surface area contributed by atoms with Crippen LogP contribution in [0.4, 0.5) is 0 Å². The number of nitrogens with one attached hydrogen (secondary N) is 1. The van der Waals surface area contributed by atoms with Crippen molar-refractivity contribution in [3.05, 3.63) is 48.0 Å². The number of amides is 1. The monoisotopic (exact) mass is 359 g/mol. The molecule has 1 atom stereocenters. The molecule has 6 nitrogen and oxygen atoms in total. The topological polar surface area (TPSA) is 72.9 Å². The molecule has 2 rings (SSSR count). The van der Waals surface area contributed by atoms with Gasteiger partial charge in [0.15, 0.2) is 0 Å². The third kappa shape index (κ3) is 6.98. The van der Waals surface area contributed by atoms with Crippen molar-refractivity contribution >= 4 is 11.9 Å². The number of aliphatic carboxylic acids is 1. The number of hydrogen-bond donors (Lipinski definition) is 2. The number of carboxylic acid groups (broad SMARTS) is 1. The van der Waals surface area contributed by atoms with Crippen LogP contribution in [-0.2, 0) is 16.1 Å². The summed E-state index contributed by atoms with van der Waals surface area (Å²) in [5.74, 6) is -1.81. The minimum absolute atomic E-state index is 0.00808. The number of carbonyl (C=O) groups is 2. The molecule has 6 heteroatoms. The second-order valence-corrected chi connectivity index (χ2v) is 7.04. The lowest BCUT2D eigenvalue weighted by Crippen LogP contribution is -2.49. The highest BCUT2D eigenvalue weighted by Crippen LogP contribution is 2.11. The first-order chi connectivity index (χ1) is 12.4. The first kappa shape index (κ1) is 20.1. The highest BCUT2D eigenvalue weighted by atomic mass is 16.4. The van der Waals surface area contributed by atoms with Gasteiger partial charge in [-0.2, -0.15) is 0 Å². The standard InChI is InChI=1S/C20H29N3O3/c1-16(2)14-22-8-10-23(11-9-22)15-18(20(25)26)12-19(24)21-13-17-6-4-3-5-7-17/h3-7,18H,1,8-15H2,2H3,(H,21,24)(H,25,26)/t18-/m0/s1. The van der Waals surface area contributed by atoms with Crippen molar-refractivity contribution in [1.29, 1.82) is 0 Å². The fourth-order valence-corrected chi connectivity index (χ4v) is 3.15. The van der Waals surface area contributed by atoms with Gasteiger partial charge in [0.25, 0.3) is 0 Å². The average Bonchev–Trinajstić information content (AvgIpc) is 2.61. The number of benzene rings is 1. The fraction of sp³-hybridized carbons (Fsp3) is 0.500. The summed E-state index contributed by atoms with van der Waals surface area (Å²) in [6, 6.07) is 9.60. The Labute approximate surface area is 155 Å². The van der Waals surface area contributed by atoms with E-state index < -0.39 is 11.9 Å². The Morgan fingerprint density at radius 1 is 1.15 bits per heavy atom. The smallest absolute Gasteiger partial charge is 0.308 e. The molecule has 1 amide bonds. The molecule has 142 valence electrons. The zero-order valence-corrected chi connectivity index (χ0v) is 15.5. The van der Waals surface area contributed by atoms with Crippen LogP contribution in [-0.4, -0.2) is 66.1 Å². The Bertz CT molecular complexity index is 610. The number of piperazine rings is 1. The van der Waals surface area contributed by atoms with Gasteiger partial charge in [0.05, 0.1) is 5.92 Å². The van der Waals surface area contributed by atoms with Gasteiger partial charge in [-0.1, -0.05) is 42.5 Å². The summed E-state index contributed by atoms with van der Waals surface area (Å²) in [7, 11) is 0. The molecule has 0 aliphatic carbocycles. The molecule has 1 aliphatic rings. The zero-order chi connectivity index (χ0) is 18.9. The van der Waals surface area contributed by atoms with Gasteiger partial charge in [-0.3, -0.25) is 19.4 Å². The molecule has 2 N–H and O–H groups in total. The van der Waals surface area contributed by atoms with Crippen LogP contribution in [0.15, 0.2) is 42.5 Å². The lowest BCUT2D eigenvalue weighted by atomic mass is 10.0. The Kier molecular flexibility index (Phi) is 7.81. The second-order valence-electron chi connectivity index (χ2n) is 7.04. The maximum Gasteiger partial charge on any atom is 0.308 e. The Morgan fingerprint density at radius 2 is 1.77 bits per heavy atom. The molecule has 0 aromatic heterocycles. The third-order valence-electron chi connectivity index (χ3n) is 4.55. The first-order valence-corrected chi connectivity index (χ1v) is 9.06. The highest BCUT2D eigenvalue weighted by molar-refractivity contribution is 5.82. The molecule has 0 bridgehead atoms. The third-order valence-corrected chi connectivity index (χ3v) is 4.55. The summed E-state index contributed by atoms with van der Waals surface area (Å²) in [6.07, 6.45) is 0.00808. The van der Waals surface area contributed by atoms with Gasteiger partial charge in [0, 0.05) is 52.2 Å². The van der Waals surface area contributed by atoms with Crippen molar-refractivity contribution in [2.24, 2.45) is 5.92 Å². The molecule has 1 aromatic rings. The van der Waals surface area contributed by atoms with Gasteiger partial charge in [0.1, 0.15) is 0 Å². The molecule has 1 aromatic carbocycles. The predicted molar refractivity (Wildman–Crippen MR) is 102 cm³/mol. The number of hydrogen-bond acceptors (Lipinski definition) is 4. The number of nitrogens with zero attached hydrogens (tertiary/aromatic N) is 2. The summed E-state index contributed by atoms with van der Waals surface area (Å²) in [4.78, 5) is 28.2. The van der Waals surface area contributed by atoms with Crippen LogP contribution in [0.5, 0.6) is 0 Å². The van der Waals surface area contributed by atoms with E-state index in [0.29, 0.717) is 13.1 Å². The minimum Gasteiger partial charge on any atom is -0.481 e. The van der Waals surface area contributed by atoms with Crippen LogP contribution >= 0.6 is 0 Å². The van der Waals surface area contributed by atoms with Crippen LogP contribution in [0.2, 0.25) is 0 Å². The van der Waals surface area contributed by atoms with E-state index >= 15 is 0 Å². The summed E-state index contributed by atoms with van der Waals surface area (Å²) >= 11 is 0. The molecule has 1 aliphatic heterocycles. The largest absolute Gasteiger partial charge is 0.481 e. The van der Waals surface area contributed by atoms with E-state index in [1.807, 2.05) is 37.3 Å². The molecular formula is C20H29N3O3. The molecule has 1 fully saturated rings. The van der Waals surface area contributed by atoms with Crippen LogP contribution in [0, 0.1) is 5.92 Å². The van der Waals surface area contributed by atoms with Gasteiger partial charge in [0.2, 0.25) is 5.91 Å². The Hall–Kier alpha value is -2.18. The fourth-order valence-electron chi connectivity index (χ4n) is 3.15. The van der Waals surface area contributed by atoms with Crippen LogP contribution < -0.4 is 5.32 Å². The summed E-state index contributed by atoms with van der Waals surface area (Å²) in [6.45, 7) is 11.1. The van der Waals surface area contributed by atoms with Gasteiger partial charge >= 0.3 is 5.97 Å². The molecule has 0 spiro atoms. The van der Waals surface area contributed by atoms with Crippen molar-refractivity contribution in [3.63, 3.8) is 0 Å². The maximum absolute atomic E-state index is 12.1. The molecule has 26 heavy (non-hydrogen) atoms. The molecule has 0 unspecified atom stereocenters. The molecule has 0 saturated carbocycles. The van der Waals surface area contributed by atoms with Gasteiger partial charge in [-0.05, 0) is 12.5 Å². The number of rotatable bonds is 9. The first-order valence-electron chi connectivity index (χ1n) is 9.06. The normalized spacial score (nSPS) is 16.8. The quantitative estimate of drug-likeness (QED) is 0.655. The lowest BCUT2D eigenvalue weighted by Gasteiger charge is -2.35. The highest BCUT2D eigenvalue weighted by Gasteiger charge is 2.26. The molecule has 1 saturated heterocycles. The van der Waals surface area contributed by atoms with Gasteiger partial charge in [-0.15, -0.1) is 0 Å². The van der Waals surface area contributed by atoms with Crippen molar-refractivity contribution in [2.75, 3.05) is 39.3 Å². The summed E-state index contributed by atoms with van der Waals surface area (Å²) in [5, 5.41) is 12.3. The van der Waals surface area contributed by atoms with Crippen molar-refractivity contribution in [2.45, 2.75) is 19.9 Å². The SMILES string of the molecule is C=C(C)CN1CCN(C[C@H](CC(=O)NCc2ccccc2)C(=O)O)CC1. The predicted octanol–water partition coefficient (Wildman–Crippen LogP) is 1.59. The maximum atomic E-state index is 12.1. The molecule has 0 radical (unpaired) electrons. The van der Waals surface area contributed by atoms with E-state index in [2.05, 4.69) is 21.7 Å². The summed E-state index contributed by atoms with van der Waals surface area (Å²) < 4.78 is 0. The van der Waals surface area contributed by atoms with Crippen LogP contribution in [0.3, 0.4) is 0 Å². The van der Waals surface area contributed by atoms with Crippen LogP contribution in [0.25, 0.3) is 0 Å². The molecule has 1 heterocycles. The van der Waals surface area contributed by atoms with E-state index in [-0.39, 0.29) is 12.3 Å². The molecular weight excluding hydrogens is 330 g/mol. The summed E-state index contributed by atoms with van der Waals surface area (Å²) in [5.41, 5.74) is 2.14. The van der Waals surface area contributed by atoms with Gasteiger partial charge < -0.3 is 10.4 Å². The van der Waals surface area contributed by atoms with Crippen molar-refractivity contribution in [3.8, 4) is 0 Å².